The van der Waals surface area contributed by atoms with Crippen LogP contribution in [0, 0.1) is 0 Å². The number of thiophene rings is 1. The third-order valence-corrected chi connectivity index (χ3v) is 5.68. The Kier molecular flexibility index (Phi) is 7.50. The number of nitrogens with one attached hydrogen (secondary N) is 1. The maximum atomic E-state index is 12.4. The summed E-state index contributed by atoms with van der Waals surface area (Å²) in [4.78, 5) is 40.6. The standard InChI is InChI=1S/C20H13Cl3N2O5S/c1-29-19(27)16-11(10-4-2-3-5-12(10)21)9-31-18(16)25-15(26)8-30-20(28)17-13(22)6-7-14(23)24-17/h2-7,9H,8H2,1H3,(H,25,26). The molecule has 0 fully saturated rings. The summed E-state index contributed by atoms with van der Waals surface area (Å²) < 4.78 is 9.80. The lowest BCUT2D eigenvalue weighted by Crippen LogP contribution is -2.22. The lowest BCUT2D eigenvalue weighted by atomic mass is 10.0. The Bertz CT molecular complexity index is 1170. The molecule has 0 aliphatic carbocycles. The molecule has 2 aromatic heterocycles. The van der Waals surface area contributed by atoms with Gasteiger partial charge in [-0.1, -0.05) is 53.0 Å². The fourth-order valence-electron chi connectivity index (χ4n) is 2.56. The number of hydrogen-bond donors (Lipinski definition) is 1. The van der Waals surface area contributed by atoms with E-state index in [-0.39, 0.29) is 26.4 Å². The van der Waals surface area contributed by atoms with Gasteiger partial charge in [-0.15, -0.1) is 11.3 Å². The van der Waals surface area contributed by atoms with Crippen LogP contribution >= 0.6 is 46.1 Å². The number of carbonyl (C=O) groups is 3. The van der Waals surface area contributed by atoms with Crippen molar-refractivity contribution in [1.29, 1.82) is 0 Å². The Labute approximate surface area is 195 Å². The van der Waals surface area contributed by atoms with Crippen LogP contribution in [0.1, 0.15) is 20.8 Å². The minimum absolute atomic E-state index is 0.0328. The van der Waals surface area contributed by atoms with E-state index in [1.54, 1.807) is 29.6 Å². The number of halogens is 3. The van der Waals surface area contributed by atoms with Gasteiger partial charge in [-0.3, -0.25) is 4.79 Å². The zero-order chi connectivity index (χ0) is 22.5. The second-order valence-corrected chi connectivity index (χ2v) is 7.99. The van der Waals surface area contributed by atoms with Gasteiger partial charge < -0.3 is 14.8 Å². The summed E-state index contributed by atoms with van der Waals surface area (Å²) in [7, 11) is 1.23. The average Bonchev–Trinajstić information content (AvgIpc) is 3.16. The molecule has 3 aromatic rings. The van der Waals surface area contributed by atoms with E-state index in [0.29, 0.717) is 16.1 Å². The number of rotatable bonds is 6. The molecule has 0 saturated heterocycles. The van der Waals surface area contributed by atoms with Crippen molar-refractivity contribution < 1.29 is 23.9 Å². The monoisotopic (exact) mass is 498 g/mol. The number of carbonyl (C=O) groups excluding carboxylic acids is 3. The molecule has 1 aromatic carbocycles. The van der Waals surface area contributed by atoms with Crippen molar-refractivity contribution >= 4 is 69.0 Å². The predicted octanol–water partition coefficient (Wildman–Crippen LogP) is 5.35. The predicted molar refractivity (Wildman–Crippen MR) is 119 cm³/mol. The fraction of sp³-hybridized carbons (Fsp3) is 0.100. The van der Waals surface area contributed by atoms with Gasteiger partial charge in [0.1, 0.15) is 15.7 Å². The Morgan fingerprint density at radius 2 is 1.74 bits per heavy atom. The molecule has 0 saturated carbocycles. The van der Waals surface area contributed by atoms with Crippen molar-refractivity contribution in [3.8, 4) is 11.1 Å². The van der Waals surface area contributed by atoms with Gasteiger partial charge in [-0.05, 0) is 18.2 Å². The summed E-state index contributed by atoms with van der Waals surface area (Å²) in [5.74, 6) is -2.25. The van der Waals surface area contributed by atoms with Crippen LogP contribution in [0.4, 0.5) is 5.00 Å². The minimum atomic E-state index is -0.918. The molecule has 3 rings (SSSR count). The maximum Gasteiger partial charge on any atom is 0.359 e. The van der Waals surface area contributed by atoms with E-state index < -0.39 is 24.5 Å². The number of pyridine rings is 1. The summed E-state index contributed by atoms with van der Waals surface area (Å²) in [6.07, 6.45) is 0. The van der Waals surface area contributed by atoms with Crippen LogP contribution in [-0.2, 0) is 14.3 Å². The first-order valence-electron chi connectivity index (χ1n) is 8.55. The fourth-order valence-corrected chi connectivity index (χ4v) is 4.09. The molecule has 0 aliphatic rings. The van der Waals surface area contributed by atoms with Crippen molar-refractivity contribution in [2.45, 2.75) is 0 Å². The van der Waals surface area contributed by atoms with Crippen molar-refractivity contribution in [3.63, 3.8) is 0 Å². The van der Waals surface area contributed by atoms with Gasteiger partial charge in [-0.25, -0.2) is 14.6 Å². The highest BCUT2D eigenvalue weighted by Crippen LogP contribution is 2.39. The van der Waals surface area contributed by atoms with E-state index in [1.807, 2.05) is 0 Å². The molecule has 0 spiro atoms. The molecule has 0 radical (unpaired) electrons. The number of aromatic nitrogens is 1. The molecular weight excluding hydrogens is 487 g/mol. The first kappa shape index (κ1) is 23.0. The molecule has 160 valence electrons. The number of esters is 2. The molecule has 11 heteroatoms. The maximum absolute atomic E-state index is 12.4. The first-order valence-corrected chi connectivity index (χ1v) is 10.6. The van der Waals surface area contributed by atoms with Gasteiger partial charge in [0.15, 0.2) is 12.3 Å². The summed E-state index contributed by atoms with van der Waals surface area (Å²) in [6.45, 7) is -0.636. The largest absolute Gasteiger partial charge is 0.465 e. The zero-order valence-corrected chi connectivity index (χ0v) is 18.9. The first-order chi connectivity index (χ1) is 14.8. The van der Waals surface area contributed by atoms with Gasteiger partial charge in [0.05, 0.1) is 12.1 Å². The number of anilines is 1. The van der Waals surface area contributed by atoms with E-state index >= 15 is 0 Å². The zero-order valence-electron chi connectivity index (χ0n) is 15.8. The van der Waals surface area contributed by atoms with Crippen LogP contribution in [0.2, 0.25) is 15.2 Å². The van der Waals surface area contributed by atoms with E-state index in [0.717, 1.165) is 11.3 Å². The molecule has 1 N–H and O–H groups in total. The SMILES string of the molecule is COC(=O)c1c(-c2ccccc2Cl)csc1NC(=O)COC(=O)c1nc(Cl)ccc1Cl. The topological polar surface area (TPSA) is 94.6 Å². The van der Waals surface area contributed by atoms with Gasteiger partial charge in [0.2, 0.25) is 0 Å². The Balaban J connectivity index is 1.77. The number of hydrogen-bond acceptors (Lipinski definition) is 7. The highest BCUT2D eigenvalue weighted by molar-refractivity contribution is 7.15. The molecule has 0 atom stereocenters. The van der Waals surface area contributed by atoms with Crippen LogP contribution < -0.4 is 5.32 Å². The van der Waals surface area contributed by atoms with Gasteiger partial charge in [0, 0.05) is 21.5 Å². The van der Waals surface area contributed by atoms with E-state index in [4.69, 9.17) is 44.3 Å². The van der Waals surface area contributed by atoms with Crippen molar-refractivity contribution in [2.24, 2.45) is 0 Å². The third kappa shape index (κ3) is 5.34. The van der Waals surface area contributed by atoms with Crippen LogP contribution in [-0.4, -0.2) is 36.5 Å². The van der Waals surface area contributed by atoms with Gasteiger partial charge in [-0.2, -0.15) is 0 Å². The lowest BCUT2D eigenvalue weighted by Gasteiger charge is -2.09. The second-order valence-electron chi connectivity index (χ2n) is 5.91. The van der Waals surface area contributed by atoms with E-state index in [9.17, 15) is 14.4 Å². The Hall–Kier alpha value is -2.65. The minimum Gasteiger partial charge on any atom is -0.465 e. The van der Waals surface area contributed by atoms with E-state index in [1.165, 1.54) is 19.2 Å². The van der Waals surface area contributed by atoms with Crippen LogP contribution in [0.25, 0.3) is 11.1 Å². The quantitative estimate of drug-likeness (QED) is 0.363. The summed E-state index contributed by atoms with van der Waals surface area (Å²) in [6, 6.07) is 9.75. The van der Waals surface area contributed by atoms with Gasteiger partial charge in [0.25, 0.3) is 5.91 Å². The summed E-state index contributed by atoms with van der Waals surface area (Å²) in [5.41, 5.74) is 1.04. The van der Waals surface area contributed by atoms with Gasteiger partial charge >= 0.3 is 11.9 Å². The summed E-state index contributed by atoms with van der Waals surface area (Å²) in [5, 5.41) is 4.96. The number of nitrogens with zero attached hydrogens (tertiary/aromatic N) is 1. The molecule has 0 aliphatic heterocycles. The molecule has 7 nitrogen and oxygen atoms in total. The highest BCUT2D eigenvalue weighted by Gasteiger charge is 2.24. The van der Waals surface area contributed by atoms with Crippen molar-refractivity contribution in [2.75, 3.05) is 19.0 Å². The van der Waals surface area contributed by atoms with Crippen LogP contribution in [0.5, 0.6) is 0 Å². The Morgan fingerprint density at radius 1 is 1.00 bits per heavy atom. The van der Waals surface area contributed by atoms with Crippen LogP contribution in [0.15, 0.2) is 41.8 Å². The average molecular weight is 500 g/mol. The number of amides is 1. The van der Waals surface area contributed by atoms with Crippen molar-refractivity contribution in [1.82, 2.24) is 4.98 Å². The normalized spacial score (nSPS) is 10.5. The molecule has 2 heterocycles. The Morgan fingerprint density at radius 3 is 2.45 bits per heavy atom. The van der Waals surface area contributed by atoms with Crippen molar-refractivity contribution in [3.05, 3.63) is 68.2 Å². The molecule has 0 bridgehead atoms. The highest BCUT2D eigenvalue weighted by atomic mass is 35.5. The second kappa shape index (κ2) is 10.1. The van der Waals surface area contributed by atoms with E-state index in [2.05, 4.69) is 10.3 Å². The smallest absolute Gasteiger partial charge is 0.359 e. The molecule has 1 amide bonds. The summed E-state index contributed by atoms with van der Waals surface area (Å²) >= 11 is 19.0. The van der Waals surface area contributed by atoms with Crippen LogP contribution in [0.3, 0.4) is 0 Å². The molecule has 31 heavy (non-hydrogen) atoms. The molecular formula is C20H13Cl3N2O5S. The number of methoxy groups -OCH3 is 1. The third-order valence-electron chi connectivity index (χ3n) is 3.94. The lowest BCUT2D eigenvalue weighted by molar-refractivity contribution is -0.119. The number of ether oxygens (including phenoxy) is 2. The molecule has 0 unspecified atom stereocenters. The number of benzene rings is 1.